The summed E-state index contributed by atoms with van der Waals surface area (Å²) in [5, 5.41) is 9.31. The van der Waals surface area contributed by atoms with Crippen molar-refractivity contribution in [2.24, 2.45) is 11.7 Å². The summed E-state index contributed by atoms with van der Waals surface area (Å²) in [6, 6.07) is 2.71. The highest BCUT2D eigenvalue weighted by Crippen LogP contribution is 2.29. The zero-order chi connectivity index (χ0) is 19.7. The topological polar surface area (TPSA) is 106 Å². The lowest BCUT2D eigenvalue weighted by molar-refractivity contribution is -0.122. The van der Waals surface area contributed by atoms with E-state index in [0.29, 0.717) is 43.7 Å². The fourth-order valence-corrected chi connectivity index (χ4v) is 3.62. The van der Waals surface area contributed by atoms with Crippen LogP contribution in [0, 0.1) is 11.7 Å². The van der Waals surface area contributed by atoms with Gasteiger partial charge in [0.1, 0.15) is 11.4 Å². The maximum Gasteiger partial charge on any atom is 0.341 e. The Bertz CT molecular complexity index is 962. The number of carbonyl (C=O) groups is 2. The first-order valence-corrected chi connectivity index (χ1v) is 8.97. The smallest absolute Gasteiger partial charge is 0.341 e. The third kappa shape index (κ3) is 3.51. The van der Waals surface area contributed by atoms with E-state index in [9.17, 15) is 23.9 Å². The number of halogens is 1. The highest BCUT2D eigenvalue weighted by molar-refractivity contribution is 5.93. The molecule has 3 N–H and O–H groups in total. The summed E-state index contributed by atoms with van der Waals surface area (Å²) < 4.78 is 16.4. The van der Waals surface area contributed by atoms with Crippen molar-refractivity contribution in [1.29, 1.82) is 0 Å². The summed E-state index contributed by atoms with van der Waals surface area (Å²) >= 11 is 0. The molecule has 0 atom stereocenters. The highest BCUT2D eigenvalue weighted by Gasteiger charge is 2.25. The normalized spacial score (nSPS) is 15.3. The Labute approximate surface area is 155 Å². The van der Waals surface area contributed by atoms with Gasteiger partial charge in [0.25, 0.3) is 0 Å². The molecule has 1 aliphatic rings. The summed E-state index contributed by atoms with van der Waals surface area (Å²) in [4.78, 5) is 37.0. The first-order chi connectivity index (χ1) is 12.8. The molecule has 0 unspecified atom stereocenters. The number of nitrogens with two attached hydrogens (primary N) is 1. The van der Waals surface area contributed by atoms with E-state index in [0.717, 1.165) is 12.5 Å². The van der Waals surface area contributed by atoms with Gasteiger partial charge in [-0.2, -0.15) is 0 Å². The number of carboxylic acid groups (broad SMARTS) is 1. The Morgan fingerprint density at radius 1 is 1.30 bits per heavy atom. The summed E-state index contributed by atoms with van der Waals surface area (Å²) in [6.07, 6.45) is 3.14. The number of nitrogens with zero attached hydrogens (tertiary/aromatic N) is 2. The Morgan fingerprint density at radius 3 is 2.52 bits per heavy atom. The number of anilines is 1. The molecule has 0 bridgehead atoms. The molecule has 1 aromatic carbocycles. The molecule has 7 nitrogen and oxygen atoms in total. The molecule has 1 aliphatic heterocycles. The van der Waals surface area contributed by atoms with Gasteiger partial charge in [0, 0.05) is 37.1 Å². The average Bonchev–Trinajstić information content (AvgIpc) is 2.63. The first-order valence-electron chi connectivity index (χ1n) is 8.97. The second kappa shape index (κ2) is 7.38. The molecule has 1 saturated heterocycles. The first kappa shape index (κ1) is 18.9. The molecular formula is C19H22FN3O4. The van der Waals surface area contributed by atoms with Crippen LogP contribution in [-0.2, 0) is 11.3 Å². The molecule has 0 saturated carbocycles. The number of aryl methyl sites for hydroxylation is 1. The largest absolute Gasteiger partial charge is 0.477 e. The molecule has 2 heterocycles. The van der Waals surface area contributed by atoms with Crippen molar-refractivity contribution < 1.29 is 19.1 Å². The summed E-state index contributed by atoms with van der Waals surface area (Å²) in [5.74, 6) is -2.46. The van der Waals surface area contributed by atoms with Gasteiger partial charge in [-0.25, -0.2) is 9.18 Å². The number of rotatable bonds is 5. The summed E-state index contributed by atoms with van der Waals surface area (Å²) in [7, 11) is 0. The Hall–Kier alpha value is -2.90. The minimum absolute atomic E-state index is 0.0524. The van der Waals surface area contributed by atoms with Gasteiger partial charge < -0.3 is 20.3 Å². The number of piperidine rings is 1. The van der Waals surface area contributed by atoms with Crippen LogP contribution in [0.1, 0.15) is 36.5 Å². The maximum absolute atomic E-state index is 14.8. The van der Waals surface area contributed by atoms with Gasteiger partial charge in [0.15, 0.2) is 0 Å². The van der Waals surface area contributed by atoms with E-state index in [1.807, 2.05) is 11.8 Å². The molecule has 0 aliphatic carbocycles. The van der Waals surface area contributed by atoms with Crippen molar-refractivity contribution in [2.75, 3.05) is 18.0 Å². The van der Waals surface area contributed by atoms with Crippen molar-refractivity contribution in [3.63, 3.8) is 0 Å². The van der Waals surface area contributed by atoms with E-state index in [1.54, 1.807) is 10.6 Å². The van der Waals surface area contributed by atoms with Gasteiger partial charge in [-0.05, 0) is 31.4 Å². The number of fused-ring (bicyclic) bond motifs is 1. The Balaban J connectivity index is 2.09. The van der Waals surface area contributed by atoms with E-state index >= 15 is 0 Å². The number of primary amides is 1. The second-order valence-electron chi connectivity index (χ2n) is 6.85. The fraction of sp³-hybridized carbons (Fsp3) is 0.421. The molecule has 27 heavy (non-hydrogen) atoms. The molecule has 1 fully saturated rings. The van der Waals surface area contributed by atoms with E-state index in [1.165, 1.54) is 6.20 Å². The van der Waals surface area contributed by atoms with Crippen molar-refractivity contribution in [1.82, 2.24) is 4.57 Å². The number of aromatic carboxylic acids is 1. The average molecular weight is 375 g/mol. The predicted molar refractivity (Wildman–Crippen MR) is 99.5 cm³/mol. The van der Waals surface area contributed by atoms with Gasteiger partial charge in [-0.15, -0.1) is 0 Å². The van der Waals surface area contributed by atoms with E-state index in [4.69, 9.17) is 5.73 Å². The standard InChI is InChI=1S/C19H22FN3O4/c1-2-5-23-10-13(19(26)27)17(24)12-8-14(20)16(9-15(12)23)22-6-3-11(4-7-22)18(21)25/h8-11H,2-7H2,1H3,(H2,21,25)(H,26,27). The molecule has 3 rings (SSSR count). The van der Waals surface area contributed by atoms with Crippen LogP contribution in [0.25, 0.3) is 10.9 Å². The zero-order valence-electron chi connectivity index (χ0n) is 15.1. The number of pyridine rings is 1. The minimum Gasteiger partial charge on any atom is -0.477 e. The number of carboxylic acids is 1. The van der Waals surface area contributed by atoms with Gasteiger partial charge in [-0.1, -0.05) is 6.92 Å². The van der Waals surface area contributed by atoms with Crippen LogP contribution < -0.4 is 16.1 Å². The number of carbonyl (C=O) groups excluding carboxylic acids is 1. The van der Waals surface area contributed by atoms with Crippen LogP contribution in [0.3, 0.4) is 0 Å². The van der Waals surface area contributed by atoms with Crippen LogP contribution in [-0.4, -0.2) is 34.6 Å². The lowest BCUT2D eigenvalue weighted by atomic mass is 9.95. The lowest BCUT2D eigenvalue weighted by Crippen LogP contribution is -2.39. The van der Waals surface area contributed by atoms with Gasteiger partial charge >= 0.3 is 5.97 Å². The molecule has 8 heteroatoms. The monoisotopic (exact) mass is 375 g/mol. The van der Waals surface area contributed by atoms with Crippen molar-refractivity contribution in [3.05, 3.63) is 39.9 Å². The van der Waals surface area contributed by atoms with E-state index < -0.39 is 17.2 Å². The Morgan fingerprint density at radius 2 is 1.96 bits per heavy atom. The SMILES string of the molecule is CCCn1cc(C(=O)O)c(=O)c2cc(F)c(N3CCC(C(N)=O)CC3)cc21. The van der Waals surface area contributed by atoms with Crippen LogP contribution in [0.5, 0.6) is 0 Å². The predicted octanol–water partition coefficient (Wildman–Crippen LogP) is 1.95. The van der Waals surface area contributed by atoms with E-state index in [-0.39, 0.29) is 22.8 Å². The number of aromatic nitrogens is 1. The van der Waals surface area contributed by atoms with Crippen LogP contribution in [0.4, 0.5) is 10.1 Å². The lowest BCUT2D eigenvalue weighted by Gasteiger charge is -2.32. The van der Waals surface area contributed by atoms with Gasteiger partial charge in [-0.3, -0.25) is 9.59 Å². The Kier molecular flexibility index (Phi) is 5.16. The maximum atomic E-state index is 14.8. The minimum atomic E-state index is -1.33. The summed E-state index contributed by atoms with van der Waals surface area (Å²) in [5.41, 5.74) is 5.13. The van der Waals surface area contributed by atoms with Crippen molar-refractivity contribution in [2.45, 2.75) is 32.7 Å². The molecule has 0 spiro atoms. The number of hydrogen-bond acceptors (Lipinski definition) is 4. The summed E-state index contributed by atoms with van der Waals surface area (Å²) in [6.45, 7) is 3.41. The van der Waals surface area contributed by atoms with Gasteiger partial charge in [0.2, 0.25) is 11.3 Å². The quantitative estimate of drug-likeness (QED) is 0.831. The molecule has 1 aromatic heterocycles. The van der Waals surface area contributed by atoms with Crippen LogP contribution >= 0.6 is 0 Å². The van der Waals surface area contributed by atoms with Crippen LogP contribution in [0.15, 0.2) is 23.1 Å². The van der Waals surface area contributed by atoms with Gasteiger partial charge in [0.05, 0.1) is 11.2 Å². The molecule has 2 aromatic rings. The fourth-order valence-electron chi connectivity index (χ4n) is 3.62. The van der Waals surface area contributed by atoms with Crippen LogP contribution in [0.2, 0.25) is 0 Å². The van der Waals surface area contributed by atoms with E-state index in [2.05, 4.69) is 0 Å². The third-order valence-electron chi connectivity index (χ3n) is 5.08. The molecule has 144 valence electrons. The molecular weight excluding hydrogens is 353 g/mol. The molecule has 1 amide bonds. The number of benzene rings is 1. The number of hydrogen-bond donors (Lipinski definition) is 2. The van der Waals surface area contributed by atoms with Crippen molar-refractivity contribution in [3.8, 4) is 0 Å². The number of amides is 1. The molecule has 0 radical (unpaired) electrons. The zero-order valence-corrected chi connectivity index (χ0v) is 15.1. The van der Waals surface area contributed by atoms with Crippen molar-refractivity contribution >= 4 is 28.5 Å². The third-order valence-corrected chi connectivity index (χ3v) is 5.08. The second-order valence-corrected chi connectivity index (χ2v) is 6.85. The highest BCUT2D eigenvalue weighted by atomic mass is 19.1.